The average molecular weight is 315 g/mol. The first-order valence-corrected chi connectivity index (χ1v) is 9.18. The van der Waals surface area contributed by atoms with Gasteiger partial charge in [-0.3, -0.25) is 0 Å². The zero-order valence-electron chi connectivity index (χ0n) is 14.0. The van der Waals surface area contributed by atoms with E-state index in [4.69, 9.17) is 0 Å². The molecule has 2 amide bonds. The van der Waals surface area contributed by atoms with Crippen LogP contribution in [-0.2, 0) is 6.42 Å². The van der Waals surface area contributed by atoms with Crippen LogP contribution in [0, 0.1) is 0 Å². The maximum absolute atomic E-state index is 12.0. The molecule has 1 aromatic carbocycles. The summed E-state index contributed by atoms with van der Waals surface area (Å²) in [6.07, 6.45) is 9.87. The lowest BCUT2D eigenvalue weighted by molar-refractivity contribution is 0.231. The molecule has 2 N–H and O–H groups in total. The number of likely N-dealkylation sites (tertiary alicyclic amines) is 1. The standard InChI is InChI=1S/C19H29N3O/c23-19(20-17-6-2-3-7-17)21-18-10-8-16(9-11-18)12-15-22-13-4-1-5-14-22/h8-11,17H,1-7,12-15H2,(H2,20,21,23). The van der Waals surface area contributed by atoms with Crippen molar-refractivity contribution in [1.82, 2.24) is 10.2 Å². The molecule has 1 aliphatic heterocycles. The van der Waals surface area contributed by atoms with Crippen molar-refractivity contribution in [2.24, 2.45) is 0 Å². The van der Waals surface area contributed by atoms with E-state index in [-0.39, 0.29) is 6.03 Å². The van der Waals surface area contributed by atoms with E-state index in [1.165, 1.54) is 50.8 Å². The Bertz CT molecular complexity index is 488. The van der Waals surface area contributed by atoms with Crippen LogP contribution in [0.2, 0.25) is 0 Å². The number of carbonyl (C=O) groups excluding carboxylic acids is 1. The third kappa shape index (κ3) is 5.24. The Morgan fingerprint density at radius 1 is 1.00 bits per heavy atom. The number of benzene rings is 1. The van der Waals surface area contributed by atoms with E-state index < -0.39 is 0 Å². The molecule has 0 atom stereocenters. The number of nitrogens with zero attached hydrogens (tertiary/aromatic N) is 1. The van der Waals surface area contributed by atoms with Crippen molar-refractivity contribution in [1.29, 1.82) is 0 Å². The molecule has 3 rings (SSSR count). The SMILES string of the molecule is O=C(Nc1ccc(CCN2CCCCC2)cc1)NC1CCCC1. The molecule has 1 aliphatic carbocycles. The van der Waals surface area contributed by atoms with E-state index in [1.54, 1.807) is 0 Å². The number of amides is 2. The van der Waals surface area contributed by atoms with Crippen molar-refractivity contribution in [3.05, 3.63) is 29.8 Å². The van der Waals surface area contributed by atoms with Gasteiger partial charge in [-0.2, -0.15) is 0 Å². The summed E-state index contributed by atoms with van der Waals surface area (Å²) < 4.78 is 0. The minimum absolute atomic E-state index is 0.0713. The van der Waals surface area contributed by atoms with Crippen LogP contribution in [0.5, 0.6) is 0 Å². The Balaban J connectivity index is 1.41. The van der Waals surface area contributed by atoms with Gasteiger partial charge >= 0.3 is 6.03 Å². The molecular formula is C19H29N3O. The lowest BCUT2D eigenvalue weighted by atomic mass is 10.1. The molecule has 4 nitrogen and oxygen atoms in total. The van der Waals surface area contributed by atoms with E-state index in [0.717, 1.165) is 31.5 Å². The molecule has 0 radical (unpaired) electrons. The molecule has 4 heteroatoms. The van der Waals surface area contributed by atoms with Gasteiger partial charge in [-0.15, -0.1) is 0 Å². The molecule has 2 aliphatic rings. The number of hydrogen-bond donors (Lipinski definition) is 2. The quantitative estimate of drug-likeness (QED) is 0.868. The molecular weight excluding hydrogens is 286 g/mol. The highest BCUT2D eigenvalue weighted by Gasteiger charge is 2.16. The van der Waals surface area contributed by atoms with Crippen molar-refractivity contribution in [3.8, 4) is 0 Å². The fourth-order valence-corrected chi connectivity index (χ4v) is 3.65. The first-order chi connectivity index (χ1) is 11.3. The van der Waals surface area contributed by atoms with E-state index in [0.29, 0.717) is 6.04 Å². The zero-order chi connectivity index (χ0) is 15.9. The summed E-state index contributed by atoms with van der Waals surface area (Å²) in [5.41, 5.74) is 2.22. The Labute approximate surface area is 139 Å². The largest absolute Gasteiger partial charge is 0.335 e. The van der Waals surface area contributed by atoms with E-state index >= 15 is 0 Å². The van der Waals surface area contributed by atoms with Crippen molar-refractivity contribution in [2.75, 3.05) is 25.0 Å². The Hall–Kier alpha value is -1.55. The van der Waals surface area contributed by atoms with Crippen LogP contribution in [0.25, 0.3) is 0 Å². The summed E-state index contributed by atoms with van der Waals surface area (Å²) in [6.45, 7) is 3.65. The second kappa shape index (κ2) is 8.34. The highest BCUT2D eigenvalue weighted by molar-refractivity contribution is 5.89. The molecule has 23 heavy (non-hydrogen) atoms. The molecule has 1 saturated heterocycles. The average Bonchev–Trinajstić information content (AvgIpc) is 3.08. The number of rotatable bonds is 5. The van der Waals surface area contributed by atoms with Gasteiger partial charge in [0, 0.05) is 18.3 Å². The zero-order valence-corrected chi connectivity index (χ0v) is 14.0. The van der Waals surface area contributed by atoms with Gasteiger partial charge < -0.3 is 15.5 Å². The molecule has 126 valence electrons. The molecule has 0 unspecified atom stereocenters. The van der Waals surface area contributed by atoms with Gasteiger partial charge in [0.2, 0.25) is 0 Å². The fraction of sp³-hybridized carbons (Fsp3) is 0.632. The topological polar surface area (TPSA) is 44.4 Å². The van der Waals surface area contributed by atoms with E-state index in [2.05, 4.69) is 27.7 Å². The van der Waals surface area contributed by atoms with E-state index in [1.807, 2.05) is 12.1 Å². The van der Waals surface area contributed by atoms with Gasteiger partial charge in [0.15, 0.2) is 0 Å². The van der Waals surface area contributed by atoms with Gasteiger partial charge in [0.05, 0.1) is 0 Å². The van der Waals surface area contributed by atoms with E-state index in [9.17, 15) is 4.79 Å². The number of nitrogens with one attached hydrogen (secondary N) is 2. The Morgan fingerprint density at radius 3 is 2.39 bits per heavy atom. The van der Waals surface area contributed by atoms with Crippen LogP contribution in [0.3, 0.4) is 0 Å². The van der Waals surface area contributed by atoms with Gasteiger partial charge in [-0.05, 0) is 62.9 Å². The van der Waals surface area contributed by atoms with Crippen LogP contribution in [-0.4, -0.2) is 36.6 Å². The number of anilines is 1. The third-order valence-corrected chi connectivity index (χ3v) is 5.07. The molecule has 0 spiro atoms. The second-order valence-corrected chi connectivity index (χ2v) is 6.93. The fourth-order valence-electron chi connectivity index (χ4n) is 3.65. The summed E-state index contributed by atoms with van der Waals surface area (Å²) in [7, 11) is 0. The lowest BCUT2D eigenvalue weighted by Crippen LogP contribution is -2.36. The van der Waals surface area contributed by atoms with Crippen LogP contribution in [0.4, 0.5) is 10.5 Å². The highest BCUT2D eigenvalue weighted by Crippen LogP contribution is 2.18. The van der Waals surface area contributed by atoms with Crippen LogP contribution < -0.4 is 10.6 Å². The molecule has 2 fully saturated rings. The van der Waals surface area contributed by atoms with Gasteiger partial charge in [0.25, 0.3) is 0 Å². The number of hydrogen-bond acceptors (Lipinski definition) is 2. The first kappa shape index (κ1) is 16.3. The summed E-state index contributed by atoms with van der Waals surface area (Å²) >= 11 is 0. The van der Waals surface area contributed by atoms with Gasteiger partial charge in [0.1, 0.15) is 0 Å². The number of piperidine rings is 1. The summed E-state index contributed by atoms with van der Waals surface area (Å²) in [6, 6.07) is 8.58. The number of carbonyl (C=O) groups is 1. The molecule has 0 bridgehead atoms. The summed E-state index contributed by atoms with van der Waals surface area (Å²) in [5, 5.41) is 5.99. The first-order valence-electron chi connectivity index (χ1n) is 9.18. The minimum Gasteiger partial charge on any atom is -0.335 e. The van der Waals surface area contributed by atoms with Gasteiger partial charge in [-0.25, -0.2) is 4.79 Å². The third-order valence-electron chi connectivity index (χ3n) is 5.07. The van der Waals surface area contributed by atoms with Crippen molar-refractivity contribution >= 4 is 11.7 Å². The molecule has 0 aromatic heterocycles. The molecule has 1 heterocycles. The minimum atomic E-state index is -0.0713. The maximum atomic E-state index is 12.0. The Kier molecular flexibility index (Phi) is 5.92. The maximum Gasteiger partial charge on any atom is 0.319 e. The summed E-state index contributed by atoms with van der Waals surface area (Å²) in [4.78, 5) is 14.5. The smallest absolute Gasteiger partial charge is 0.319 e. The van der Waals surface area contributed by atoms with Crippen molar-refractivity contribution in [2.45, 2.75) is 57.4 Å². The van der Waals surface area contributed by atoms with Crippen LogP contribution >= 0.6 is 0 Å². The Morgan fingerprint density at radius 2 is 1.70 bits per heavy atom. The predicted molar refractivity (Wildman–Crippen MR) is 94.8 cm³/mol. The lowest BCUT2D eigenvalue weighted by Gasteiger charge is -2.26. The molecule has 1 aromatic rings. The number of urea groups is 1. The van der Waals surface area contributed by atoms with Crippen LogP contribution in [0.15, 0.2) is 24.3 Å². The normalized spacial score (nSPS) is 19.7. The van der Waals surface area contributed by atoms with Gasteiger partial charge in [-0.1, -0.05) is 31.4 Å². The second-order valence-electron chi connectivity index (χ2n) is 6.93. The van der Waals surface area contributed by atoms with Crippen molar-refractivity contribution < 1.29 is 4.79 Å². The summed E-state index contributed by atoms with van der Waals surface area (Å²) in [5.74, 6) is 0. The predicted octanol–water partition coefficient (Wildman–Crippen LogP) is 3.78. The molecule has 1 saturated carbocycles. The monoisotopic (exact) mass is 315 g/mol. The van der Waals surface area contributed by atoms with Crippen LogP contribution in [0.1, 0.15) is 50.5 Å². The van der Waals surface area contributed by atoms with Crippen molar-refractivity contribution in [3.63, 3.8) is 0 Å². The highest BCUT2D eigenvalue weighted by atomic mass is 16.2.